The molecular formula is C14H24N4O2. The van der Waals surface area contributed by atoms with Crippen molar-refractivity contribution in [1.29, 1.82) is 0 Å². The standard InChI is InChI=1S/C14H24N4O2/c1-5-9-7-11(18-17-9)16-12(19)14(15)8-10(20-6-2)13(14,3)4/h7,10H,5-6,8,15H2,1-4H3,(H2,16,17,18,19). The molecule has 1 saturated carbocycles. The molecule has 2 atom stereocenters. The Bertz CT molecular complexity index is 497. The van der Waals surface area contributed by atoms with Gasteiger partial charge in [0.25, 0.3) is 0 Å². The highest BCUT2D eigenvalue weighted by atomic mass is 16.5. The number of aromatic nitrogens is 2. The fourth-order valence-electron chi connectivity index (χ4n) is 2.66. The summed E-state index contributed by atoms with van der Waals surface area (Å²) in [5, 5.41) is 9.72. The molecule has 112 valence electrons. The van der Waals surface area contributed by atoms with Gasteiger partial charge in [-0.15, -0.1) is 0 Å². The van der Waals surface area contributed by atoms with Crippen molar-refractivity contribution in [2.75, 3.05) is 11.9 Å². The lowest BCUT2D eigenvalue weighted by atomic mass is 9.54. The van der Waals surface area contributed by atoms with E-state index in [0.717, 1.165) is 12.1 Å². The highest BCUT2D eigenvalue weighted by Crippen LogP contribution is 2.50. The van der Waals surface area contributed by atoms with Crippen molar-refractivity contribution in [2.45, 2.75) is 52.2 Å². The zero-order chi connectivity index (χ0) is 15.0. The van der Waals surface area contributed by atoms with Crippen molar-refractivity contribution in [3.05, 3.63) is 11.8 Å². The zero-order valence-corrected chi connectivity index (χ0v) is 12.6. The van der Waals surface area contributed by atoms with Gasteiger partial charge in [0.1, 0.15) is 5.54 Å². The number of nitrogens with one attached hydrogen (secondary N) is 2. The van der Waals surface area contributed by atoms with E-state index in [0.29, 0.717) is 18.8 Å². The molecule has 0 aliphatic heterocycles. The number of hydrogen-bond donors (Lipinski definition) is 3. The Hall–Kier alpha value is -1.40. The lowest BCUT2D eigenvalue weighted by Crippen LogP contribution is -2.74. The van der Waals surface area contributed by atoms with Gasteiger partial charge in [-0.1, -0.05) is 20.8 Å². The Balaban J connectivity index is 2.06. The Morgan fingerprint density at radius 3 is 2.80 bits per heavy atom. The monoisotopic (exact) mass is 280 g/mol. The number of hydrogen-bond acceptors (Lipinski definition) is 4. The third-order valence-corrected chi connectivity index (χ3v) is 4.49. The Labute approximate surface area is 119 Å². The molecule has 2 rings (SSSR count). The summed E-state index contributed by atoms with van der Waals surface area (Å²) in [5.41, 5.74) is 5.97. The third-order valence-electron chi connectivity index (χ3n) is 4.49. The molecule has 0 bridgehead atoms. The molecule has 0 radical (unpaired) electrons. The van der Waals surface area contributed by atoms with Crippen LogP contribution >= 0.6 is 0 Å². The number of aryl methyl sites for hydroxylation is 1. The van der Waals surface area contributed by atoms with Crippen LogP contribution in [0.25, 0.3) is 0 Å². The van der Waals surface area contributed by atoms with E-state index in [9.17, 15) is 4.79 Å². The van der Waals surface area contributed by atoms with Crippen LogP contribution in [0.2, 0.25) is 0 Å². The maximum Gasteiger partial charge on any atom is 0.246 e. The fraction of sp³-hybridized carbons (Fsp3) is 0.714. The molecule has 1 amide bonds. The molecule has 1 fully saturated rings. The number of rotatable bonds is 5. The average Bonchev–Trinajstić information content (AvgIpc) is 2.85. The van der Waals surface area contributed by atoms with Crippen LogP contribution in [0.15, 0.2) is 6.07 Å². The molecule has 2 unspecified atom stereocenters. The number of H-pyrrole nitrogens is 1. The molecule has 4 N–H and O–H groups in total. The molecule has 1 aromatic heterocycles. The number of nitrogens with two attached hydrogens (primary N) is 1. The molecule has 0 saturated heterocycles. The van der Waals surface area contributed by atoms with Crippen molar-refractivity contribution in [3.8, 4) is 0 Å². The highest BCUT2D eigenvalue weighted by molar-refractivity contribution is 5.99. The van der Waals surface area contributed by atoms with Crippen LogP contribution in [0.1, 0.15) is 39.8 Å². The van der Waals surface area contributed by atoms with Crippen LogP contribution < -0.4 is 11.1 Å². The zero-order valence-electron chi connectivity index (χ0n) is 12.6. The SMILES string of the molecule is CCOC1CC(N)(C(=O)Nc2cc(CC)[nH]n2)C1(C)C. The summed E-state index contributed by atoms with van der Waals surface area (Å²) < 4.78 is 5.63. The van der Waals surface area contributed by atoms with Crippen LogP contribution in [0, 0.1) is 5.41 Å². The largest absolute Gasteiger partial charge is 0.378 e. The van der Waals surface area contributed by atoms with Crippen molar-refractivity contribution in [1.82, 2.24) is 10.2 Å². The summed E-state index contributed by atoms with van der Waals surface area (Å²) in [4.78, 5) is 12.4. The van der Waals surface area contributed by atoms with Crippen LogP contribution in [0.3, 0.4) is 0 Å². The van der Waals surface area contributed by atoms with Gasteiger partial charge in [-0.3, -0.25) is 9.89 Å². The van der Waals surface area contributed by atoms with Crippen LogP contribution in [0.5, 0.6) is 0 Å². The first kappa shape index (κ1) is 15.0. The maximum atomic E-state index is 12.4. The highest BCUT2D eigenvalue weighted by Gasteiger charge is 2.62. The summed E-state index contributed by atoms with van der Waals surface area (Å²) in [7, 11) is 0. The topological polar surface area (TPSA) is 93.0 Å². The fourth-order valence-corrected chi connectivity index (χ4v) is 2.66. The number of nitrogens with zero attached hydrogens (tertiary/aromatic N) is 1. The minimum Gasteiger partial charge on any atom is -0.378 e. The lowest BCUT2D eigenvalue weighted by Gasteiger charge is -2.57. The van der Waals surface area contributed by atoms with Crippen molar-refractivity contribution >= 4 is 11.7 Å². The second kappa shape index (κ2) is 5.18. The van der Waals surface area contributed by atoms with E-state index >= 15 is 0 Å². The second-order valence-corrected chi connectivity index (χ2v) is 5.93. The van der Waals surface area contributed by atoms with Crippen molar-refractivity contribution < 1.29 is 9.53 Å². The van der Waals surface area contributed by atoms with E-state index in [-0.39, 0.29) is 12.0 Å². The molecule has 1 heterocycles. The summed E-state index contributed by atoms with van der Waals surface area (Å²) in [6, 6.07) is 1.83. The molecular weight excluding hydrogens is 256 g/mol. The number of amides is 1. The van der Waals surface area contributed by atoms with Crippen LogP contribution in [-0.4, -0.2) is 34.4 Å². The molecule has 1 aromatic rings. The van der Waals surface area contributed by atoms with Crippen LogP contribution in [-0.2, 0) is 16.0 Å². The van der Waals surface area contributed by atoms with Gasteiger partial charge in [0.05, 0.1) is 6.10 Å². The Kier molecular flexibility index (Phi) is 3.88. The molecule has 1 aliphatic carbocycles. The van der Waals surface area contributed by atoms with E-state index in [4.69, 9.17) is 10.5 Å². The summed E-state index contributed by atoms with van der Waals surface area (Å²) in [6.07, 6.45) is 1.40. The first-order valence-corrected chi connectivity index (χ1v) is 7.11. The number of ether oxygens (including phenoxy) is 1. The number of carbonyl (C=O) groups is 1. The van der Waals surface area contributed by atoms with Crippen molar-refractivity contribution in [3.63, 3.8) is 0 Å². The maximum absolute atomic E-state index is 12.4. The molecule has 0 aromatic carbocycles. The number of aromatic amines is 1. The van der Waals surface area contributed by atoms with E-state index in [1.807, 2.05) is 33.8 Å². The number of carbonyl (C=O) groups excluding carboxylic acids is 1. The van der Waals surface area contributed by atoms with Gasteiger partial charge >= 0.3 is 0 Å². The Morgan fingerprint density at radius 2 is 2.30 bits per heavy atom. The summed E-state index contributed by atoms with van der Waals surface area (Å²) in [5.74, 6) is 0.319. The predicted molar refractivity (Wildman–Crippen MR) is 77.3 cm³/mol. The lowest BCUT2D eigenvalue weighted by molar-refractivity contribution is -0.166. The predicted octanol–water partition coefficient (Wildman–Crippen LogP) is 1.44. The summed E-state index contributed by atoms with van der Waals surface area (Å²) in [6.45, 7) is 8.54. The number of anilines is 1. The third kappa shape index (κ3) is 2.23. The van der Waals surface area contributed by atoms with E-state index < -0.39 is 11.0 Å². The van der Waals surface area contributed by atoms with Gasteiger partial charge in [0.2, 0.25) is 5.91 Å². The molecule has 1 aliphatic rings. The van der Waals surface area contributed by atoms with Gasteiger partial charge in [0, 0.05) is 30.2 Å². The minimum absolute atomic E-state index is 0.0219. The first-order chi connectivity index (χ1) is 9.35. The van der Waals surface area contributed by atoms with Gasteiger partial charge in [-0.2, -0.15) is 5.10 Å². The summed E-state index contributed by atoms with van der Waals surface area (Å²) >= 11 is 0. The van der Waals surface area contributed by atoms with Gasteiger partial charge < -0.3 is 15.8 Å². The minimum atomic E-state index is -0.918. The second-order valence-electron chi connectivity index (χ2n) is 5.93. The molecule has 0 spiro atoms. The molecule has 6 nitrogen and oxygen atoms in total. The van der Waals surface area contributed by atoms with Gasteiger partial charge in [-0.25, -0.2) is 0 Å². The molecule has 20 heavy (non-hydrogen) atoms. The normalized spacial score (nSPS) is 27.9. The van der Waals surface area contributed by atoms with Gasteiger partial charge in [0.15, 0.2) is 5.82 Å². The molecule has 6 heteroatoms. The average molecular weight is 280 g/mol. The Morgan fingerprint density at radius 1 is 1.60 bits per heavy atom. The van der Waals surface area contributed by atoms with Crippen molar-refractivity contribution in [2.24, 2.45) is 11.1 Å². The van der Waals surface area contributed by atoms with E-state index in [1.54, 1.807) is 0 Å². The quantitative estimate of drug-likeness (QED) is 0.761. The van der Waals surface area contributed by atoms with Crippen LogP contribution in [0.4, 0.5) is 5.82 Å². The van der Waals surface area contributed by atoms with E-state index in [2.05, 4.69) is 15.5 Å². The smallest absolute Gasteiger partial charge is 0.246 e. The first-order valence-electron chi connectivity index (χ1n) is 7.11. The van der Waals surface area contributed by atoms with E-state index in [1.165, 1.54) is 0 Å². The van der Waals surface area contributed by atoms with Gasteiger partial charge in [-0.05, 0) is 13.3 Å².